The molecule has 0 radical (unpaired) electrons. The van der Waals surface area contributed by atoms with Gasteiger partial charge in [-0.2, -0.15) is 0 Å². The number of nitrogens with one attached hydrogen (secondary N) is 3. The molecule has 2 heterocycles. The van der Waals surface area contributed by atoms with E-state index in [9.17, 15) is 14.4 Å². The Bertz CT molecular complexity index is 1500. The molecule has 4 amide bonds. The molecule has 238 valence electrons. The fourth-order valence-electron chi connectivity index (χ4n) is 4.24. The van der Waals surface area contributed by atoms with Gasteiger partial charge in [0.15, 0.2) is 12.0 Å². The molecule has 4 rings (SSSR count). The number of carbonyl (C=O) groups excluding carboxylic acids is 3. The highest BCUT2D eigenvalue weighted by Gasteiger charge is 2.22. The van der Waals surface area contributed by atoms with Crippen LogP contribution >= 0.6 is 0 Å². The lowest BCUT2D eigenvalue weighted by Gasteiger charge is -2.26. The van der Waals surface area contributed by atoms with Gasteiger partial charge in [-0.1, -0.05) is 30.4 Å². The van der Waals surface area contributed by atoms with Crippen LogP contribution in [-0.4, -0.2) is 65.6 Å². The number of allylic oxidation sites excluding steroid dienone is 4. The third kappa shape index (κ3) is 10.2. The first-order valence-electron chi connectivity index (χ1n) is 14.6. The normalized spacial score (nSPS) is 14.2. The number of nitrogens with zero attached hydrogens (tertiary/aromatic N) is 3. The minimum atomic E-state index is -0.667. The second kappa shape index (κ2) is 15.1. The van der Waals surface area contributed by atoms with E-state index in [-0.39, 0.29) is 18.5 Å². The fraction of sp³-hybridized carbons (Fsp3) is 0.333. The third-order valence-corrected chi connectivity index (χ3v) is 6.49. The molecule has 1 aromatic carbocycles. The van der Waals surface area contributed by atoms with Crippen molar-refractivity contribution in [3.05, 3.63) is 102 Å². The smallest absolute Gasteiger partial charge is 0.412 e. The monoisotopic (exact) mass is 616 g/mol. The number of anilines is 2. The largest absolute Gasteiger partial charge is 0.463 e. The third-order valence-electron chi connectivity index (χ3n) is 6.49. The SMILES string of the molecule is CN(C)CCN(Cc1ccc(C(=O)Nc2ccccc2NC(=O)OC(C)(C)C)cn1)C(=O)NC1=COC=C(C2=CC=CCC2)O1. The molecule has 0 atom stereocenters. The number of rotatable bonds is 10. The zero-order valence-corrected chi connectivity index (χ0v) is 26.3. The van der Waals surface area contributed by atoms with Gasteiger partial charge >= 0.3 is 12.1 Å². The number of likely N-dealkylation sites (N-methyl/N-ethyl adjacent to an activating group) is 1. The maximum Gasteiger partial charge on any atom is 0.412 e. The Kier molecular flexibility index (Phi) is 11.0. The van der Waals surface area contributed by atoms with Crippen LogP contribution in [0.3, 0.4) is 0 Å². The summed E-state index contributed by atoms with van der Waals surface area (Å²) >= 11 is 0. The average molecular weight is 617 g/mol. The zero-order valence-electron chi connectivity index (χ0n) is 26.3. The van der Waals surface area contributed by atoms with Crippen LogP contribution in [0.15, 0.2) is 90.6 Å². The van der Waals surface area contributed by atoms with Gasteiger partial charge in [0.25, 0.3) is 5.91 Å². The summed E-state index contributed by atoms with van der Waals surface area (Å²) in [7, 11) is 3.85. The van der Waals surface area contributed by atoms with Crippen molar-refractivity contribution in [2.75, 3.05) is 37.8 Å². The molecule has 3 N–H and O–H groups in total. The number of benzene rings is 1. The Hall–Kier alpha value is -5.10. The van der Waals surface area contributed by atoms with E-state index in [1.807, 2.05) is 31.1 Å². The summed E-state index contributed by atoms with van der Waals surface area (Å²) in [5.41, 5.74) is 2.00. The molecule has 45 heavy (non-hydrogen) atoms. The molecule has 0 spiro atoms. The van der Waals surface area contributed by atoms with Crippen LogP contribution < -0.4 is 16.0 Å². The molecular formula is C33H40N6O6. The van der Waals surface area contributed by atoms with E-state index in [4.69, 9.17) is 14.2 Å². The van der Waals surface area contributed by atoms with Crippen molar-refractivity contribution in [1.29, 1.82) is 0 Å². The zero-order chi connectivity index (χ0) is 32.4. The molecule has 0 unspecified atom stereocenters. The molecule has 2 aliphatic rings. The van der Waals surface area contributed by atoms with Crippen molar-refractivity contribution in [2.45, 2.75) is 45.8 Å². The number of ether oxygens (including phenoxy) is 3. The molecule has 2 aromatic rings. The van der Waals surface area contributed by atoms with Gasteiger partial charge in [-0.05, 0) is 77.5 Å². The maximum atomic E-state index is 13.3. The van der Waals surface area contributed by atoms with Gasteiger partial charge in [0, 0.05) is 19.3 Å². The van der Waals surface area contributed by atoms with E-state index >= 15 is 0 Å². The van der Waals surface area contributed by atoms with E-state index in [0.29, 0.717) is 41.5 Å². The van der Waals surface area contributed by atoms with Gasteiger partial charge in [-0.15, -0.1) is 0 Å². The van der Waals surface area contributed by atoms with Crippen molar-refractivity contribution in [2.24, 2.45) is 0 Å². The van der Waals surface area contributed by atoms with E-state index in [1.54, 1.807) is 62.1 Å². The van der Waals surface area contributed by atoms with Crippen LogP contribution in [0, 0.1) is 0 Å². The van der Waals surface area contributed by atoms with E-state index in [1.165, 1.54) is 18.7 Å². The van der Waals surface area contributed by atoms with Crippen LogP contribution in [0.25, 0.3) is 0 Å². The minimum absolute atomic E-state index is 0.184. The van der Waals surface area contributed by atoms with Gasteiger partial charge in [-0.3, -0.25) is 20.4 Å². The number of hydrogen-bond acceptors (Lipinski definition) is 8. The standard InChI is InChI=1S/C33H40N6O6/c1-33(2,3)45-32(42)36-27-14-10-9-13-26(27)35-30(40)24-15-16-25(34-19-24)20-39(18-17-38(4)5)31(41)37-29-22-43-21-28(44-29)23-11-7-6-8-12-23/h6-7,9-11,13-16,19,21-22H,8,12,17-18,20H2,1-5H3,(H,35,40)(H,36,42)(H,37,41). The molecular weight excluding hydrogens is 576 g/mol. The number of para-hydroxylation sites is 2. The number of urea groups is 1. The highest BCUT2D eigenvalue weighted by atomic mass is 16.6. The predicted octanol–water partition coefficient (Wildman–Crippen LogP) is 5.72. The molecule has 1 aromatic heterocycles. The predicted molar refractivity (Wildman–Crippen MR) is 171 cm³/mol. The number of hydrogen-bond donors (Lipinski definition) is 3. The van der Waals surface area contributed by atoms with Gasteiger partial charge in [0.1, 0.15) is 11.9 Å². The first-order chi connectivity index (χ1) is 21.5. The molecule has 0 saturated heterocycles. The fourth-order valence-corrected chi connectivity index (χ4v) is 4.24. The number of amides is 4. The van der Waals surface area contributed by atoms with Gasteiger partial charge in [0.05, 0.1) is 29.2 Å². The number of aromatic nitrogens is 1. The van der Waals surface area contributed by atoms with Crippen molar-refractivity contribution < 1.29 is 28.6 Å². The van der Waals surface area contributed by atoms with Crippen LogP contribution in [0.5, 0.6) is 0 Å². The summed E-state index contributed by atoms with van der Waals surface area (Å²) in [6.07, 6.45) is 11.4. The molecule has 0 fully saturated rings. The lowest BCUT2D eigenvalue weighted by atomic mass is 10.0. The van der Waals surface area contributed by atoms with Crippen LogP contribution in [0.2, 0.25) is 0 Å². The Morgan fingerprint density at radius 3 is 2.38 bits per heavy atom. The second-order valence-corrected chi connectivity index (χ2v) is 11.7. The maximum absolute atomic E-state index is 13.3. The van der Waals surface area contributed by atoms with Gasteiger partial charge in [0.2, 0.25) is 5.88 Å². The summed E-state index contributed by atoms with van der Waals surface area (Å²) in [6.45, 7) is 6.52. The molecule has 0 saturated carbocycles. The number of carbonyl (C=O) groups is 3. The Morgan fingerprint density at radius 1 is 0.978 bits per heavy atom. The van der Waals surface area contributed by atoms with Crippen LogP contribution in [-0.2, 0) is 20.8 Å². The van der Waals surface area contributed by atoms with Crippen LogP contribution in [0.1, 0.15) is 49.7 Å². The molecule has 1 aliphatic carbocycles. The van der Waals surface area contributed by atoms with Gasteiger partial charge in [-0.25, -0.2) is 9.59 Å². The summed E-state index contributed by atoms with van der Waals surface area (Å²) in [5, 5.41) is 8.26. The van der Waals surface area contributed by atoms with Crippen molar-refractivity contribution in [3.63, 3.8) is 0 Å². The highest BCUT2D eigenvalue weighted by molar-refractivity contribution is 6.06. The van der Waals surface area contributed by atoms with Gasteiger partial charge < -0.3 is 29.3 Å². The summed E-state index contributed by atoms with van der Waals surface area (Å²) < 4.78 is 16.7. The average Bonchev–Trinajstić information content (AvgIpc) is 3.00. The topological polar surface area (TPSA) is 134 Å². The van der Waals surface area contributed by atoms with Crippen molar-refractivity contribution >= 4 is 29.4 Å². The van der Waals surface area contributed by atoms with E-state index in [2.05, 4.69) is 27.0 Å². The quantitative estimate of drug-likeness (QED) is 0.309. The Balaban J connectivity index is 1.38. The van der Waals surface area contributed by atoms with Crippen molar-refractivity contribution in [1.82, 2.24) is 20.1 Å². The summed E-state index contributed by atoms with van der Waals surface area (Å²) in [5.74, 6) is 0.323. The Labute approximate surface area is 263 Å². The first-order valence-corrected chi connectivity index (χ1v) is 14.6. The number of pyridine rings is 1. The van der Waals surface area contributed by atoms with Crippen LogP contribution in [0.4, 0.5) is 21.0 Å². The lowest BCUT2D eigenvalue weighted by molar-refractivity contribution is 0.0635. The minimum Gasteiger partial charge on any atom is -0.463 e. The first kappa shape index (κ1) is 32.8. The summed E-state index contributed by atoms with van der Waals surface area (Å²) in [6, 6.07) is 9.76. The lowest BCUT2D eigenvalue weighted by Crippen LogP contribution is -2.43. The van der Waals surface area contributed by atoms with E-state index < -0.39 is 17.6 Å². The highest BCUT2D eigenvalue weighted by Crippen LogP contribution is 2.26. The summed E-state index contributed by atoms with van der Waals surface area (Å²) in [4.78, 5) is 46.6. The molecule has 12 heteroatoms. The molecule has 12 nitrogen and oxygen atoms in total. The molecule has 0 bridgehead atoms. The van der Waals surface area contributed by atoms with E-state index in [0.717, 1.165) is 18.4 Å². The Morgan fingerprint density at radius 2 is 1.73 bits per heavy atom. The molecule has 1 aliphatic heterocycles. The second-order valence-electron chi connectivity index (χ2n) is 11.7. The van der Waals surface area contributed by atoms with Crippen molar-refractivity contribution in [3.8, 4) is 0 Å².